The lowest BCUT2D eigenvalue weighted by atomic mass is 9.97. The fourth-order valence-electron chi connectivity index (χ4n) is 3.61. The van der Waals surface area contributed by atoms with Crippen LogP contribution in [-0.4, -0.2) is 28.2 Å². The van der Waals surface area contributed by atoms with E-state index in [4.69, 9.17) is 0 Å². The number of pyridine rings is 2. The summed E-state index contributed by atoms with van der Waals surface area (Å²) in [4.78, 5) is 32.0. The fourth-order valence-corrected chi connectivity index (χ4v) is 3.61. The number of nitrogens with zero attached hydrogens (tertiary/aromatic N) is 2. The SMILES string of the molecule is CC(=O)CCNC(=O)c1ccc(N[C@H](CC(C)C)c2ccc(-c3ccc(C(F)(F)F)cc3)nc2)nc1. The molecule has 0 saturated heterocycles. The summed E-state index contributed by atoms with van der Waals surface area (Å²) in [5, 5.41) is 6.07. The summed E-state index contributed by atoms with van der Waals surface area (Å²) in [6.45, 7) is 5.95. The van der Waals surface area contributed by atoms with E-state index < -0.39 is 11.7 Å². The van der Waals surface area contributed by atoms with E-state index in [2.05, 4.69) is 34.4 Å². The zero-order chi connectivity index (χ0) is 26.3. The minimum absolute atomic E-state index is 0.00560. The van der Waals surface area contributed by atoms with E-state index in [1.165, 1.54) is 25.3 Å². The Morgan fingerprint density at radius 3 is 2.19 bits per heavy atom. The second kappa shape index (κ2) is 11.8. The van der Waals surface area contributed by atoms with E-state index in [1.54, 1.807) is 24.4 Å². The van der Waals surface area contributed by atoms with E-state index in [0.29, 0.717) is 28.6 Å². The first kappa shape index (κ1) is 26.8. The number of carbonyl (C=O) groups is 2. The lowest BCUT2D eigenvalue weighted by Crippen LogP contribution is -2.25. The number of amides is 1. The molecule has 9 heteroatoms. The summed E-state index contributed by atoms with van der Waals surface area (Å²) >= 11 is 0. The van der Waals surface area contributed by atoms with Crippen molar-refractivity contribution in [2.75, 3.05) is 11.9 Å². The van der Waals surface area contributed by atoms with Crippen LogP contribution in [0.4, 0.5) is 19.0 Å². The quantitative estimate of drug-likeness (QED) is 0.354. The lowest BCUT2D eigenvalue weighted by molar-refractivity contribution is -0.137. The normalized spacial score (nSPS) is 12.3. The van der Waals surface area contributed by atoms with Crippen molar-refractivity contribution >= 4 is 17.5 Å². The minimum atomic E-state index is -4.38. The number of nitrogens with one attached hydrogen (secondary N) is 2. The molecule has 190 valence electrons. The number of carbonyl (C=O) groups excluding carboxylic acids is 2. The number of halogens is 3. The molecule has 1 amide bonds. The average Bonchev–Trinajstić information content (AvgIpc) is 2.83. The number of hydrogen-bond acceptors (Lipinski definition) is 5. The third kappa shape index (κ3) is 7.63. The second-order valence-electron chi connectivity index (χ2n) is 9.02. The molecule has 1 aromatic carbocycles. The van der Waals surface area contributed by atoms with Crippen molar-refractivity contribution < 1.29 is 22.8 Å². The fraction of sp³-hybridized carbons (Fsp3) is 0.333. The lowest BCUT2D eigenvalue weighted by Gasteiger charge is -2.22. The van der Waals surface area contributed by atoms with Gasteiger partial charge in [-0.25, -0.2) is 4.98 Å². The topological polar surface area (TPSA) is 84.0 Å². The molecule has 0 unspecified atom stereocenters. The van der Waals surface area contributed by atoms with Crippen LogP contribution >= 0.6 is 0 Å². The van der Waals surface area contributed by atoms with E-state index in [0.717, 1.165) is 24.1 Å². The molecular weight excluding hydrogens is 469 g/mol. The monoisotopic (exact) mass is 498 g/mol. The van der Waals surface area contributed by atoms with Gasteiger partial charge in [-0.3, -0.25) is 14.6 Å². The van der Waals surface area contributed by atoms with Crippen LogP contribution in [-0.2, 0) is 11.0 Å². The number of anilines is 1. The van der Waals surface area contributed by atoms with Crippen LogP contribution < -0.4 is 10.6 Å². The molecule has 0 aliphatic heterocycles. The van der Waals surface area contributed by atoms with Crippen molar-refractivity contribution in [3.8, 4) is 11.3 Å². The molecule has 6 nitrogen and oxygen atoms in total. The molecule has 3 aromatic rings. The Bertz CT molecular complexity index is 1160. The summed E-state index contributed by atoms with van der Waals surface area (Å²) in [5.74, 6) is 0.666. The summed E-state index contributed by atoms with van der Waals surface area (Å²) in [6.07, 6.45) is -0.123. The Balaban J connectivity index is 1.70. The molecule has 0 fully saturated rings. The second-order valence-corrected chi connectivity index (χ2v) is 9.02. The number of ketones is 1. The molecule has 0 spiro atoms. The molecule has 0 saturated carbocycles. The van der Waals surface area contributed by atoms with Gasteiger partial charge >= 0.3 is 6.18 Å². The maximum Gasteiger partial charge on any atom is 0.416 e. The Labute approximate surface area is 208 Å². The summed E-state index contributed by atoms with van der Waals surface area (Å²) < 4.78 is 38.5. The Kier molecular flexibility index (Phi) is 8.79. The first-order chi connectivity index (χ1) is 17.0. The molecule has 3 rings (SSSR count). The Morgan fingerprint density at radius 1 is 0.944 bits per heavy atom. The van der Waals surface area contributed by atoms with E-state index in [-0.39, 0.29) is 30.7 Å². The van der Waals surface area contributed by atoms with Gasteiger partial charge in [-0.15, -0.1) is 0 Å². The number of hydrogen-bond donors (Lipinski definition) is 2. The zero-order valence-corrected chi connectivity index (χ0v) is 20.4. The van der Waals surface area contributed by atoms with Gasteiger partial charge in [0, 0.05) is 30.9 Å². The zero-order valence-electron chi connectivity index (χ0n) is 20.4. The highest BCUT2D eigenvalue weighted by Gasteiger charge is 2.30. The third-order valence-corrected chi connectivity index (χ3v) is 5.51. The molecule has 0 radical (unpaired) electrons. The van der Waals surface area contributed by atoms with Crippen LogP contribution in [0.1, 0.15) is 61.1 Å². The highest BCUT2D eigenvalue weighted by atomic mass is 19.4. The number of benzene rings is 1. The molecule has 2 aromatic heterocycles. The first-order valence-electron chi connectivity index (χ1n) is 11.7. The van der Waals surface area contributed by atoms with Gasteiger partial charge in [0.1, 0.15) is 11.6 Å². The number of aromatic nitrogens is 2. The van der Waals surface area contributed by atoms with Crippen LogP contribution in [0.25, 0.3) is 11.3 Å². The molecule has 0 aliphatic rings. The molecular formula is C27H29F3N4O2. The molecule has 2 heterocycles. The van der Waals surface area contributed by atoms with Gasteiger partial charge in [-0.2, -0.15) is 13.2 Å². The van der Waals surface area contributed by atoms with Crippen LogP contribution in [0.3, 0.4) is 0 Å². The van der Waals surface area contributed by atoms with Crippen molar-refractivity contribution in [1.82, 2.24) is 15.3 Å². The first-order valence-corrected chi connectivity index (χ1v) is 11.7. The van der Waals surface area contributed by atoms with E-state index >= 15 is 0 Å². The third-order valence-electron chi connectivity index (χ3n) is 5.51. The van der Waals surface area contributed by atoms with E-state index in [1.807, 2.05) is 6.07 Å². The maximum atomic E-state index is 12.8. The Morgan fingerprint density at radius 2 is 1.67 bits per heavy atom. The van der Waals surface area contributed by atoms with Crippen molar-refractivity contribution in [1.29, 1.82) is 0 Å². The predicted molar refractivity (Wildman–Crippen MR) is 132 cm³/mol. The molecule has 2 N–H and O–H groups in total. The molecule has 36 heavy (non-hydrogen) atoms. The Hall–Kier alpha value is -3.75. The van der Waals surface area contributed by atoms with Crippen molar-refractivity contribution in [2.45, 2.75) is 45.8 Å². The van der Waals surface area contributed by atoms with E-state index in [9.17, 15) is 22.8 Å². The number of alkyl halides is 3. The van der Waals surface area contributed by atoms with Gasteiger partial charge in [0.25, 0.3) is 5.91 Å². The molecule has 1 atom stereocenters. The summed E-state index contributed by atoms with van der Waals surface area (Å²) in [5.41, 5.74) is 1.78. The van der Waals surface area contributed by atoms with Crippen molar-refractivity contribution in [3.05, 3.63) is 77.6 Å². The van der Waals surface area contributed by atoms with Gasteiger partial charge in [0.15, 0.2) is 0 Å². The summed E-state index contributed by atoms with van der Waals surface area (Å²) in [6, 6.07) is 11.9. The van der Waals surface area contributed by atoms with Gasteiger partial charge in [0.2, 0.25) is 0 Å². The van der Waals surface area contributed by atoms with Gasteiger partial charge in [0.05, 0.1) is 22.9 Å². The maximum absolute atomic E-state index is 12.8. The number of Topliss-reactive ketones (excluding diaryl/α,β-unsaturated/α-hetero) is 1. The van der Waals surface area contributed by atoms with Gasteiger partial charge in [-0.05, 0) is 55.2 Å². The average molecular weight is 499 g/mol. The van der Waals surface area contributed by atoms with Crippen LogP contribution in [0.5, 0.6) is 0 Å². The van der Waals surface area contributed by atoms with Crippen molar-refractivity contribution in [2.24, 2.45) is 5.92 Å². The molecule has 0 bridgehead atoms. The predicted octanol–water partition coefficient (Wildman–Crippen LogP) is 6.07. The largest absolute Gasteiger partial charge is 0.416 e. The van der Waals surface area contributed by atoms with Crippen LogP contribution in [0.2, 0.25) is 0 Å². The van der Waals surface area contributed by atoms with Gasteiger partial charge in [-0.1, -0.05) is 32.0 Å². The standard InChI is InChI=1S/C27H29F3N4O2/c1-17(2)14-24(34-25-11-7-21(16-33-25)26(36)31-13-12-18(3)35)20-6-10-23(32-15-20)19-4-8-22(9-5-19)27(28,29)30/h4-11,15-17,24H,12-14H2,1-3H3,(H,31,36)(H,33,34)/t24-/m1/s1. The summed E-state index contributed by atoms with van der Waals surface area (Å²) in [7, 11) is 0. The van der Waals surface area contributed by atoms with Gasteiger partial charge < -0.3 is 10.6 Å². The minimum Gasteiger partial charge on any atom is -0.363 e. The smallest absolute Gasteiger partial charge is 0.363 e. The van der Waals surface area contributed by atoms with Crippen molar-refractivity contribution in [3.63, 3.8) is 0 Å². The highest BCUT2D eigenvalue weighted by molar-refractivity contribution is 5.94. The highest BCUT2D eigenvalue weighted by Crippen LogP contribution is 2.31. The van der Waals surface area contributed by atoms with Crippen LogP contribution in [0.15, 0.2) is 60.9 Å². The van der Waals surface area contributed by atoms with Crippen LogP contribution in [0, 0.1) is 5.92 Å². The number of rotatable bonds is 10. The molecule has 0 aliphatic carbocycles.